The average molecular weight is 504 g/mol. The third-order valence-electron chi connectivity index (χ3n) is 4.60. The van der Waals surface area contributed by atoms with Crippen molar-refractivity contribution in [3.8, 4) is 17.2 Å². The number of aromatic nitrogens is 2. The summed E-state index contributed by atoms with van der Waals surface area (Å²) >= 11 is 3.37. The summed E-state index contributed by atoms with van der Waals surface area (Å²) in [6.45, 7) is 3.26. The molecule has 0 saturated heterocycles. The van der Waals surface area contributed by atoms with E-state index < -0.39 is 12.1 Å². The van der Waals surface area contributed by atoms with E-state index in [-0.39, 0.29) is 11.3 Å². The maximum atomic E-state index is 12.9. The molecule has 9 nitrogen and oxygen atoms in total. The molecule has 32 heavy (non-hydrogen) atoms. The van der Waals surface area contributed by atoms with Crippen molar-refractivity contribution in [2.75, 3.05) is 21.3 Å². The van der Waals surface area contributed by atoms with Gasteiger partial charge >= 0.3 is 5.97 Å². The molecule has 0 radical (unpaired) electrons. The minimum Gasteiger partial charge on any atom is -0.493 e. The molecule has 0 aliphatic carbocycles. The molecular weight excluding hydrogens is 482 g/mol. The molecule has 10 heteroatoms. The summed E-state index contributed by atoms with van der Waals surface area (Å²) < 4.78 is 23.2. The number of nitrogens with zero attached hydrogens (tertiary/aromatic N) is 3. The maximum absolute atomic E-state index is 12.9. The van der Waals surface area contributed by atoms with E-state index >= 15 is 0 Å². The fraction of sp³-hybridized carbons (Fsp3) is 0.273. The highest BCUT2D eigenvalue weighted by Crippen LogP contribution is 2.39. The van der Waals surface area contributed by atoms with Crippen LogP contribution in [0.3, 0.4) is 0 Å². The molecule has 3 rings (SSSR count). The van der Waals surface area contributed by atoms with Crippen LogP contribution < -0.4 is 19.8 Å². The number of carbonyl (C=O) groups excluding carboxylic acids is 1. The Morgan fingerprint density at radius 2 is 1.81 bits per heavy atom. The predicted molar refractivity (Wildman–Crippen MR) is 123 cm³/mol. The van der Waals surface area contributed by atoms with Gasteiger partial charge in [-0.2, -0.15) is 9.78 Å². The highest BCUT2D eigenvalue weighted by atomic mass is 79.9. The Balaban J connectivity index is 2.02. The van der Waals surface area contributed by atoms with Crippen LogP contribution in [0.15, 0.2) is 44.7 Å². The van der Waals surface area contributed by atoms with Gasteiger partial charge in [-0.05, 0) is 44.2 Å². The summed E-state index contributed by atoms with van der Waals surface area (Å²) in [5.74, 6) is 0.796. The Bertz CT molecular complexity index is 1230. The lowest BCUT2D eigenvalue weighted by molar-refractivity contribution is -0.148. The van der Waals surface area contributed by atoms with Crippen LogP contribution in [0.2, 0.25) is 0 Å². The minimum atomic E-state index is -0.869. The van der Waals surface area contributed by atoms with Crippen LogP contribution in [0, 0.1) is 6.92 Å². The highest BCUT2D eigenvalue weighted by Gasteiger charge is 2.21. The first-order chi connectivity index (χ1) is 15.3. The lowest BCUT2D eigenvalue weighted by atomic mass is 10.2. The second-order valence-electron chi connectivity index (χ2n) is 6.72. The Labute approximate surface area is 192 Å². The van der Waals surface area contributed by atoms with E-state index in [0.717, 1.165) is 4.47 Å². The molecule has 1 heterocycles. The van der Waals surface area contributed by atoms with E-state index in [0.29, 0.717) is 33.8 Å². The Hall–Kier alpha value is -3.40. The molecule has 1 atom stereocenters. The van der Waals surface area contributed by atoms with E-state index in [1.54, 1.807) is 38.1 Å². The first kappa shape index (κ1) is 23.3. The minimum absolute atomic E-state index is 0.246. The first-order valence-electron chi connectivity index (χ1n) is 9.52. The average Bonchev–Trinajstić information content (AvgIpc) is 2.79. The first-order valence-corrected chi connectivity index (χ1v) is 10.3. The normalized spacial score (nSPS) is 12.1. The smallest absolute Gasteiger partial charge is 0.346 e. The highest BCUT2D eigenvalue weighted by molar-refractivity contribution is 9.10. The second kappa shape index (κ2) is 9.82. The molecule has 168 valence electrons. The van der Waals surface area contributed by atoms with E-state index in [1.165, 1.54) is 32.2 Å². The van der Waals surface area contributed by atoms with E-state index in [2.05, 4.69) is 26.0 Å². The molecule has 3 aromatic rings. The van der Waals surface area contributed by atoms with Crippen LogP contribution in [-0.4, -0.2) is 49.3 Å². The zero-order valence-corrected chi connectivity index (χ0v) is 19.8. The third kappa shape index (κ3) is 4.75. The number of aryl methyl sites for hydroxylation is 1. The number of rotatable bonds is 7. The van der Waals surface area contributed by atoms with Crippen LogP contribution >= 0.6 is 15.9 Å². The van der Waals surface area contributed by atoms with Gasteiger partial charge in [-0.3, -0.25) is 4.79 Å². The number of ether oxygens (including phenoxy) is 4. The zero-order chi connectivity index (χ0) is 23.4. The van der Waals surface area contributed by atoms with Crippen molar-refractivity contribution in [2.24, 2.45) is 5.10 Å². The van der Waals surface area contributed by atoms with Gasteiger partial charge in [0.2, 0.25) is 5.75 Å². The van der Waals surface area contributed by atoms with Crippen molar-refractivity contribution < 1.29 is 23.7 Å². The number of halogens is 1. The van der Waals surface area contributed by atoms with Crippen LogP contribution in [0.25, 0.3) is 10.9 Å². The predicted octanol–water partition coefficient (Wildman–Crippen LogP) is 3.31. The van der Waals surface area contributed by atoms with Crippen molar-refractivity contribution in [3.63, 3.8) is 0 Å². The Morgan fingerprint density at radius 1 is 1.16 bits per heavy atom. The molecule has 0 bridgehead atoms. The van der Waals surface area contributed by atoms with Crippen molar-refractivity contribution in [2.45, 2.75) is 20.0 Å². The fourth-order valence-corrected chi connectivity index (χ4v) is 3.36. The molecular formula is C22H22BrN3O6. The number of benzene rings is 2. The van der Waals surface area contributed by atoms with Gasteiger partial charge in [-0.15, -0.1) is 0 Å². The maximum Gasteiger partial charge on any atom is 0.346 e. The molecule has 2 aromatic carbocycles. The van der Waals surface area contributed by atoms with Gasteiger partial charge in [0.05, 0.1) is 38.4 Å². The molecule has 0 aliphatic heterocycles. The lowest BCUT2D eigenvalue weighted by Crippen LogP contribution is -2.25. The summed E-state index contributed by atoms with van der Waals surface area (Å²) in [6.07, 6.45) is 0.616. The quantitative estimate of drug-likeness (QED) is 0.360. The van der Waals surface area contributed by atoms with Gasteiger partial charge in [0, 0.05) is 10.0 Å². The van der Waals surface area contributed by atoms with Gasteiger partial charge in [0.1, 0.15) is 5.82 Å². The van der Waals surface area contributed by atoms with Crippen molar-refractivity contribution in [1.29, 1.82) is 0 Å². The topological polar surface area (TPSA) is 101 Å². The van der Waals surface area contributed by atoms with Gasteiger partial charge in [-0.25, -0.2) is 9.78 Å². The van der Waals surface area contributed by atoms with Crippen LogP contribution in [0.4, 0.5) is 0 Å². The van der Waals surface area contributed by atoms with Crippen molar-refractivity contribution in [3.05, 3.63) is 56.5 Å². The Kier molecular flexibility index (Phi) is 7.14. The molecule has 0 amide bonds. The SMILES string of the molecule is COC(=O)[C@@H](C)Oc1c(OC)cc(C=Nn2c(C)nc3ccc(Br)cc3c2=O)cc1OC. The van der Waals surface area contributed by atoms with E-state index in [4.69, 9.17) is 18.9 Å². The van der Waals surface area contributed by atoms with Crippen LogP contribution in [-0.2, 0) is 9.53 Å². The largest absolute Gasteiger partial charge is 0.493 e. The fourth-order valence-electron chi connectivity index (χ4n) is 3.00. The van der Waals surface area contributed by atoms with Crippen molar-refractivity contribution in [1.82, 2.24) is 9.66 Å². The molecule has 0 spiro atoms. The monoisotopic (exact) mass is 503 g/mol. The summed E-state index contributed by atoms with van der Waals surface area (Å²) in [6, 6.07) is 8.60. The summed E-state index contributed by atoms with van der Waals surface area (Å²) in [5, 5.41) is 4.76. The molecule has 0 unspecified atom stereocenters. The number of methoxy groups -OCH3 is 3. The van der Waals surface area contributed by atoms with Gasteiger partial charge in [-0.1, -0.05) is 15.9 Å². The zero-order valence-electron chi connectivity index (χ0n) is 18.2. The third-order valence-corrected chi connectivity index (χ3v) is 5.10. The molecule has 0 aliphatic rings. The second-order valence-corrected chi connectivity index (χ2v) is 7.64. The molecule has 0 saturated carbocycles. The van der Waals surface area contributed by atoms with Gasteiger partial charge in [0.25, 0.3) is 5.56 Å². The van der Waals surface area contributed by atoms with Gasteiger partial charge < -0.3 is 18.9 Å². The number of hydrogen-bond donors (Lipinski definition) is 0. The van der Waals surface area contributed by atoms with E-state index in [9.17, 15) is 9.59 Å². The lowest BCUT2D eigenvalue weighted by Gasteiger charge is -2.18. The standard InChI is InChI=1S/C22H22BrN3O6/c1-12(22(28)31-5)32-20-18(29-3)8-14(9-19(20)30-4)11-24-26-13(2)25-17-7-6-15(23)10-16(17)21(26)27/h6-12H,1-5H3/t12-/m1/s1. The van der Waals surface area contributed by atoms with Crippen LogP contribution in [0.5, 0.6) is 17.2 Å². The summed E-state index contributed by atoms with van der Waals surface area (Å²) in [7, 11) is 4.21. The number of esters is 1. The summed E-state index contributed by atoms with van der Waals surface area (Å²) in [4.78, 5) is 29.1. The number of carbonyl (C=O) groups is 1. The molecule has 0 fully saturated rings. The van der Waals surface area contributed by atoms with E-state index in [1.807, 2.05) is 6.07 Å². The number of hydrogen-bond acceptors (Lipinski definition) is 8. The molecule has 1 aromatic heterocycles. The summed E-state index contributed by atoms with van der Waals surface area (Å²) in [5.41, 5.74) is 0.875. The van der Waals surface area contributed by atoms with Crippen molar-refractivity contribution >= 4 is 39.0 Å². The number of fused-ring (bicyclic) bond motifs is 1. The Morgan fingerprint density at radius 3 is 2.41 bits per heavy atom. The molecule has 0 N–H and O–H groups in total. The van der Waals surface area contributed by atoms with Gasteiger partial charge in [0.15, 0.2) is 17.6 Å². The van der Waals surface area contributed by atoms with Crippen LogP contribution in [0.1, 0.15) is 18.3 Å².